The highest BCUT2D eigenvalue weighted by Crippen LogP contribution is 2.33. The Morgan fingerprint density at radius 1 is 1.16 bits per heavy atom. The molecule has 4 amide bonds. The summed E-state index contributed by atoms with van der Waals surface area (Å²) >= 11 is 1.84. The second kappa shape index (κ2) is 11.6. The fraction of sp³-hybridized carbons (Fsp3) is 0.750. The fourth-order valence-corrected chi connectivity index (χ4v) is 5.43. The highest BCUT2D eigenvalue weighted by atomic mass is 32.2. The van der Waals surface area contributed by atoms with Gasteiger partial charge in [-0.1, -0.05) is 26.2 Å². The van der Waals surface area contributed by atoms with Crippen LogP contribution in [0, 0.1) is 0 Å². The number of hydrogen-bond donors (Lipinski definition) is 5. The number of fused-ring (bicyclic) bond motifs is 1. The fourth-order valence-electron chi connectivity index (χ4n) is 3.88. The zero-order valence-electron chi connectivity index (χ0n) is 18.2. The van der Waals surface area contributed by atoms with Gasteiger partial charge in [-0.25, -0.2) is 9.59 Å². The molecule has 12 heteroatoms. The van der Waals surface area contributed by atoms with Crippen molar-refractivity contribution in [1.82, 2.24) is 15.7 Å². The number of nitrogens with two attached hydrogens (primary N) is 1. The summed E-state index contributed by atoms with van der Waals surface area (Å²) in [7, 11) is 0. The lowest BCUT2D eigenvalue weighted by Crippen LogP contribution is -2.54. The van der Waals surface area contributed by atoms with E-state index in [0.717, 1.165) is 25.0 Å². The largest absolute Gasteiger partial charge is 0.480 e. The zero-order chi connectivity index (χ0) is 23.9. The number of rotatable bonds is 10. The normalized spacial score (nSPS) is 26.0. The first-order chi connectivity index (χ1) is 15.1. The van der Waals surface area contributed by atoms with Gasteiger partial charge >= 0.3 is 12.0 Å². The Labute approximate surface area is 190 Å². The number of nitrogens with one attached hydrogen (secondary N) is 2. The molecule has 3 saturated heterocycles. The van der Waals surface area contributed by atoms with Crippen LogP contribution in [0.15, 0.2) is 0 Å². The van der Waals surface area contributed by atoms with Gasteiger partial charge in [0.05, 0.1) is 12.1 Å². The van der Waals surface area contributed by atoms with E-state index >= 15 is 0 Å². The number of carboxylic acid groups (broad SMARTS) is 1. The third-order valence-corrected chi connectivity index (χ3v) is 7.42. The topological polar surface area (TPSA) is 179 Å². The van der Waals surface area contributed by atoms with E-state index in [0.29, 0.717) is 18.1 Å². The Balaban J connectivity index is 0.000000380. The lowest BCUT2D eigenvalue weighted by molar-refractivity contribution is -0.171. The minimum absolute atomic E-state index is 0.101. The second-order valence-corrected chi connectivity index (χ2v) is 9.54. The Kier molecular flexibility index (Phi) is 9.47. The third-order valence-electron chi connectivity index (χ3n) is 5.91. The van der Waals surface area contributed by atoms with Crippen LogP contribution in [-0.2, 0) is 19.2 Å². The molecule has 180 valence electrons. The van der Waals surface area contributed by atoms with Crippen LogP contribution < -0.4 is 16.4 Å². The minimum Gasteiger partial charge on any atom is -0.480 e. The molecule has 3 aliphatic rings. The molecule has 0 radical (unpaired) electrons. The van der Waals surface area contributed by atoms with Crippen LogP contribution in [0.5, 0.6) is 0 Å². The van der Waals surface area contributed by atoms with Crippen molar-refractivity contribution in [1.29, 1.82) is 0 Å². The molecular formula is C20H32N4O7S. The number of unbranched alkanes of at least 4 members (excludes halogenated alkanes) is 2. The van der Waals surface area contributed by atoms with E-state index in [1.165, 1.54) is 0 Å². The molecule has 3 heterocycles. The van der Waals surface area contributed by atoms with Gasteiger partial charge in [-0.2, -0.15) is 16.8 Å². The van der Waals surface area contributed by atoms with Crippen molar-refractivity contribution in [3.8, 4) is 0 Å². The predicted octanol–water partition coefficient (Wildman–Crippen LogP) is 0.778. The van der Waals surface area contributed by atoms with Crippen LogP contribution in [0.1, 0.15) is 64.7 Å². The van der Waals surface area contributed by atoms with Crippen molar-refractivity contribution >= 4 is 41.4 Å². The molecule has 3 aliphatic heterocycles. The van der Waals surface area contributed by atoms with Crippen LogP contribution in [0.25, 0.3) is 0 Å². The Hall–Kier alpha value is -2.18. The van der Waals surface area contributed by atoms with Crippen LogP contribution in [-0.4, -0.2) is 73.6 Å². The number of imide groups is 1. The average molecular weight is 473 g/mol. The molecule has 0 saturated carbocycles. The second-order valence-electron chi connectivity index (χ2n) is 8.27. The molecule has 3 rings (SSSR count). The quantitative estimate of drug-likeness (QED) is 0.101. The number of ketones is 1. The van der Waals surface area contributed by atoms with Gasteiger partial charge in [0.2, 0.25) is 0 Å². The summed E-state index contributed by atoms with van der Waals surface area (Å²) in [5, 5.41) is 24.1. The average Bonchev–Trinajstić information content (AvgIpc) is 3.40. The lowest BCUT2D eigenvalue weighted by Gasteiger charge is -2.23. The molecule has 6 N–H and O–H groups in total. The summed E-state index contributed by atoms with van der Waals surface area (Å²) < 4.78 is 0. The number of carboxylic acids is 1. The SMILES string of the molecule is CCCCC(N)(C(=O)O)C(=O)CCCC[C@@H]1SC[C@@H]2NC(=O)N[C@@H]21.O=C1CCC(=O)N1O. The summed E-state index contributed by atoms with van der Waals surface area (Å²) in [5.41, 5.74) is 4.11. The maximum Gasteiger partial charge on any atom is 0.331 e. The van der Waals surface area contributed by atoms with E-state index in [2.05, 4.69) is 10.6 Å². The van der Waals surface area contributed by atoms with E-state index in [-0.39, 0.29) is 54.6 Å². The molecule has 1 unspecified atom stereocenters. The van der Waals surface area contributed by atoms with Gasteiger partial charge in [0, 0.05) is 30.3 Å². The summed E-state index contributed by atoms with van der Waals surface area (Å²) in [6.07, 6.45) is 4.48. The van der Waals surface area contributed by atoms with Gasteiger partial charge in [-0.15, -0.1) is 0 Å². The molecule has 0 aromatic rings. The van der Waals surface area contributed by atoms with Gasteiger partial charge in [0.15, 0.2) is 11.3 Å². The van der Waals surface area contributed by atoms with E-state index in [4.69, 9.17) is 10.9 Å². The molecule has 0 aromatic heterocycles. The van der Waals surface area contributed by atoms with Crippen molar-refractivity contribution in [3.63, 3.8) is 0 Å². The molecular weight excluding hydrogens is 440 g/mol. The number of carbonyl (C=O) groups excluding carboxylic acids is 4. The van der Waals surface area contributed by atoms with Crippen molar-refractivity contribution in [2.45, 2.75) is 87.6 Å². The first-order valence-corrected chi connectivity index (χ1v) is 11.9. The minimum atomic E-state index is -1.74. The molecule has 0 spiro atoms. The van der Waals surface area contributed by atoms with Gasteiger partial charge < -0.3 is 21.5 Å². The van der Waals surface area contributed by atoms with Crippen LogP contribution in [0.2, 0.25) is 0 Å². The number of Topliss-reactive ketones (excluding diaryl/α,β-unsaturated/α-hetero) is 1. The number of hydroxylamine groups is 2. The molecule has 0 aliphatic carbocycles. The van der Waals surface area contributed by atoms with Gasteiger partial charge in [-0.3, -0.25) is 19.6 Å². The van der Waals surface area contributed by atoms with E-state index in [1.54, 1.807) is 0 Å². The molecule has 11 nitrogen and oxygen atoms in total. The maximum absolute atomic E-state index is 12.3. The summed E-state index contributed by atoms with van der Waals surface area (Å²) in [4.78, 5) is 55.4. The van der Waals surface area contributed by atoms with Gasteiger partial charge in [-0.05, 0) is 19.3 Å². The first-order valence-electron chi connectivity index (χ1n) is 10.9. The molecule has 0 bridgehead atoms. The van der Waals surface area contributed by atoms with Gasteiger partial charge in [0.1, 0.15) is 0 Å². The van der Waals surface area contributed by atoms with E-state index in [1.807, 2.05) is 18.7 Å². The molecule has 32 heavy (non-hydrogen) atoms. The highest BCUT2D eigenvalue weighted by molar-refractivity contribution is 8.00. The number of amides is 4. The highest BCUT2D eigenvalue weighted by Gasteiger charge is 2.43. The van der Waals surface area contributed by atoms with Gasteiger partial charge in [0.25, 0.3) is 11.8 Å². The van der Waals surface area contributed by atoms with E-state index in [9.17, 15) is 29.1 Å². The molecule has 0 aromatic carbocycles. The summed E-state index contributed by atoms with van der Waals surface area (Å²) in [6, 6.07) is 0.262. The number of aliphatic carboxylic acids is 1. The van der Waals surface area contributed by atoms with Crippen LogP contribution >= 0.6 is 11.8 Å². The number of carbonyl (C=O) groups is 5. The number of urea groups is 1. The number of thioether (sulfide) groups is 1. The van der Waals surface area contributed by atoms with Crippen molar-refractivity contribution < 1.29 is 34.3 Å². The van der Waals surface area contributed by atoms with E-state index < -0.39 is 23.3 Å². The molecule has 4 atom stereocenters. The summed E-state index contributed by atoms with van der Waals surface area (Å²) in [6.45, 7) is 1.94. The Morgan fingerprint density at radius 3 is 2.34 bits per heavy atom. The van der Waals surface area contributed by atoms with Crippen LogP contribution in [0.3, 0.4) is 0 Å². The lowest BCUT2D eigenvalue weighted by atomic mass is 9.86. The third kappa shape index (κ3) is 6.42. The smallest absolute Gasteiger partial charge is 0.331 e. The molecule has 3 fully saturated rings. The van der Waals surface area contributed by atoms with Crippen molar-refractivity contribution in [2.75, 3.05) is 5.75 Å². The zero-order valence-corrected chi connectivity index (χ0v) is 19.0. The predicted molar refractivity (Wildman–Crippen MR) is 116 cm³/mol. The van der Waals surface area contributed by atoms with Crippen LogP contribution in [0.4, 0.5) is 4.79 Å². The maximum atomic E-state index is 12.3. The van der Waals surface area contributed by atoms with Crippen molar-refractivity contribution in [3.05, 3.63) is 0 Å². The number of nitrogens with zero attached hydrogens (tertiary/aromatic N) is 1. The number of hydrogen-bond acceptors (Lipinski definition) is 8. The Morgan fingerprint density at radius 2 is 1.81 bits per heavy atom. The standard InChI is InChI=1S/C16H27N3O4S.C4H5NO3/c1-2-3-8-16(17,14(21)22)12(20)7-5-4-6-11-13-10(9-24-11)18-15(23)19-13;6-3-1-2-4(7)5(3)8/h10-11,13H,2-9,17H2,1H3,(H,21,22)(H2,18,19,23);8H,1-2H2/t10-,11-,13-,16?;/m0./s1. The summed E-state index contributed by atoms with van der Waals surface area (Å²) in [5.74, 6) is -1.70. The monoisotopic (exact) mass is 472 g/mol. The first kappa shape index (κ1) is 26.1. The van der Waals surface area contributed by atoms with Crippen molar-refractivity contribution in [2.24, 2.45) is 5.73 Å². The Bertz CT molecular complexity index is 733.